The monoisotopic (exact) mass is 1040 g/mol. The van der Waals surface area contributed by atoms with E-state index < -0.39 is 0 Å². The Morgan fingerprint density at radius 1 is 0.569 bits per heavy atom. The first-order chi connectivity index (χ1) is 23.5. The number of hydrogen-bond donors (Lipinski definition) is 2. The molecular weight excluding hydrogens is 1000 g/mol. The van der Waals surface area contributed by atoms with Crippen molar-refractivity contribution in [1.82, 2.24) is 9.97 Å². The number of aromatic nitrogens is 2. The standard InChI is InChI=1S/C30H16N2O.2C6H10O2.2Pt/c1-3-9-21-17-31-27(15-19(21)7-1)25-13-5-11-23-24-12-6-14-26(30(24)33-29(23)25)28-16-20-8-2-4-10-22(20)18-32-28;2*1-4(5(2)7)6(3)8;;/h1-12,15-18H;2*7H,1-3H3;;/q-2;;;;/b;2*5-4-;;. The zero-order valence-corrected chi connectivity index (χ0v) is 33.4. The molecule has 0 fully saturated rings. The number of rotatable bonds is 4. The minimum absolute atomic E-state index is 0. The number of allylic oxidation sites excluding steroid dienone is 4. The first-order valence-electron chi connectivity index (χ1n) is 15.7. The average molecular weight is 1040 g/mol. The minimum Gasteiger partial charge on any atom is -0.545 e. The zero-order valence-electron chi connectivity index (χ0n) is 28.9. The number of Topliss-reactive ketones (excluding diaryl/α,β-unsaturated/α-hetero) is 2. The topological polar surface area (TPSA) is 114 Å². The first kappa shape index (κ1) is 40.7. The van der Waals surface area contributed by atoms with E-state index >= 15 is 0 Å². The second-order valence-corrected chi connectivity index (χ2v) is 11.7. The van der Waals surface area contributed by atoms with Crippen molar-refractivity contribution in [2.24, 2.45) is 0 Å². The van der Waals surface area contributed by atoms with Crippen molar-refractivity contribution in [3.63, 3.8) is 0 Å². The maximum Gasteiger partial charge on any atom is 0.158 e. The summed E-state index contributed by atoms with van der Waals surface area (Å²) < 4.78 is 6.51. The van der Waals surface area contributed by atoms with E-state index in [9.17, 15) is 9.59 Å². The van der Waals surface area contributed by atoms with Crippen molar-refractivity contribution in [2.75, 3.05) is 0 Å². The molecule has 0 aliphatic carbocycles. The van der Waals surface area contributed by atoms with Gasteiger partial charge in [0.25, 0.3) is 0 Å². The van der Waals surface area contributed by atoms with Crippen LogP contribution in [-0.4, -0.2) is 31.7 Å². The number of hydrogen-bond acceptors (Lipinski definition) is 7. The largest absolute Gasteiger partial charge is 0.545 e. The normalized spacial score (nSPS) is 11.6. The zero-order chi connectivity index (χ0) is 35.2. The van der Waals surface area contributed by atoms with Crippen LogP contribution in [0.3, 0.4) is 0 Å². The van der Waals surface area contributed by atoms with Crippen molar-refractivity contribution in [2.45, 2.75) is 41.5 Å². The van der Waals surface area contributed by atoms with Crippen LogP contribution in [0.15, 0.2) is 124 Å². The van der Waals surface area contributed by atoms with Crippen LogP contribution in [0.2, 0.25) is 0 Å². The van der Waals surface area contributed by atoms with Gasteiger partial charge in [-0.25, -0.2) is 0 Å². The summed E-state index contributed by atoms with van der Waals surface area (Å²) in [6.07, 6.45) is 3.80. The summed E-state index contributed by atoms with van der Waals surface area (Å²) in [4.78, 5) is 30.1. The molecule has 0 amide bonds. The second-order valence-electron chi connectivity index (χ2n) is 11.7. The average Bonchev–Trinajstić information content (AvgIpc) is 3.50. The molecule has 0 atom stereocenters. The van der Waals surface area contributed by atoms with E-state index in [1.807, 2.05) is 60.9 Å². The molecular formula is C42H36N2O5Pt2-2. The Bertz CT molecular complexity index is 2250. The molecule has 0 saturated heterocycles. The summed E-state index contributed by atoms with van der Waals surface area (Å²) in [5.41, 5.74) is 5.81. The number of nitrogens with zero attached hydrogens (tertiary/aromatic N) is 2. The Balaban J connectivity index is 0.000000330. The number of aliphatic hydroxyl groups excluding tert-OH is 2. The quantitative estimate of drug-likeness (QED) is 0.103. The van der Waals surface area contributed by atoms with E-state index in [0.717, 1.165) is 66.0 Å². The molecule has 0 aliphatic heterocycles. The third-order valence-electron chi connectivity index (χ3n) is 8.31. The summed E-state index contributed by atoms with van der Waals surface area (Å²) in [7, 11) is 0. The summed E-state index contributed by atoms with van der Waals surface area (Å²) in [6, 6.07) is 35.3. The van der Waals surface area contributed by atoms with Gasteiger partial charge in [0.05, 0.1) is 11.5 Å². The molecule has 0 aliphatic rings. The van der Waals surface area contributed by atoms with Crippen LogP contribution in [0.5, 0.6) is 0 Å². The van der Waals surface area contributed by atoms with Gasteiger partial charge in [0.2, 0.25) is 0 Å². The van der Waals surface area contributed by atoms with Crippen molar-refractivity contribution >= 4 is 55.0 Å². The molecule has 0 saturated carbocycles. The van der Waals surface area contributed by atoms with Gasteiger partial charge in [-0.05, 0) is 74.5 Å². The number of carbonyl (C=O) groups excluding carboxylic acids is 2. The fourth-order valence-electron chi connectivity index (χ4n) is 5.04. The Morgan fingerprint density at radius 2 is 0.922 bits per heavy atom. The Morgan fingerprint density at radius 3 is 1.24 bits per heavy atom. The van der Waals surface area contributed by atoms with Crippen molar-refractivity contribution in [3.8, 4) is 22.5 Å². The number of benzene rings is 4. The van der Waals surface area contributed by atoms with E-state index in [2.05, 4.69) is 48.5 Å². The predicted octanol–water partition coefficient (Wildman–Crippen LogP) is 10.5. The van der Waals surface area contributed by atoms with Gasteiger partial charge >= 0.3 is 0 Å². The Labute approximate surface area is 325 Å². The third-order valence-corrected chi connectivity index (χ3v) is 8.31. The van der Waals surface area contributed by atoms with Gasteiger partial charge in [-0.2, -0.15) is 0 Å². The van der Waals surface area contributed by atoms with Crippen molar-refractivity contribution < 1.29 is 66.3 Å². The van der Waals surface area contributed by atoms with Gasteiger partial charge in [-0.15, -0.1) is 36.4 Å². The molecule has 0 spiro atoms. The number of pyridine rings is 2. The summed E-state index contributed by atoms with van der Waals surface area (Å²) >= 11 is 0. The van der Waals surface area contributed by atoms with E-state index in [1.165, 1.54) is 27.7 Å². The molecule has 7 rings (SSSR count). The minimum atomic E-state index is -0.0787. The maximum absolute atomic E-state index is 10.4. The predicted molar refractivity (Wildman–Crippen MR) is 196 cm³/mol. The Kier molecular flexibility index (Phi) is 14.4. The Hall–Kier alpha value is -4.70. The smallest absolute Gasteiger partial charge is 0.158 e. The van der Waals surface area contributed by atoms with E-state index in [-0.39, 0.29) is 65.2 Å². The van der Waals surface area contributed by atoms with Crippen LogP contribution in [0, 0.1) is 12.1 Å². The molecule has 9 heteroatoms. The van der Waals surface area contributed by atoms with Gasteiger partial charge in [0.1, 0.15) is 0 Å². The van der Waals surface area contributed by atoms with E-state index in [0.29, 0.717) is 11.1 Å². The van der Waals surface area contributed by atoms with Crippen molar-refractivity contribution in [1.29, 1.82) is 0 Å². The molecule has 7 aromatic rings. The molecule has 2 N–H and O–H groups in total. The molecule has 0 radical (unpaired) electrons. The van der Waals surface area contributed by atoms with E-state index in [4.69, 9.17) is 24.6 Å². The number of fused-ring (bicyclic) bond motifs is 5. The van der Waals surface area contributed by atoms with E-state index in [1.54, 1.807) is 13.8 Å². The number of furan rings is 1. The van der Waals surface area contributed by atoms with Gasteiger partial charge < -0.3 is 24.6 Å². The molecule has 0 unspecified atom stereocenters. The number of ketones is 2. The molecule has 0 bridgehead atoms. The van der Waals surface area contributed by atoms with Crippen LogP contribution >= 0.6 is 0 Å². The third kappa shape index (κ3) is 9.35. The molecule has 266 valence electrons. The van der Waals surface area contributed by atoms with Crippen LogP contribution < -0.4 is 0 Å². The van der Waals surface area contributed by atoms with Crippen LogP contribution in [-0.2, 0) is 51.7 Å². The molecule has 3 heterocycles. The van der Waals surface area contributed by atoms with Gasteiger partial charge in [-0.1, -0.05) is 82.6 Å². The van der Waals surface area contributed by atoms with Gasteiger partial charge in [-0.3, -0.25) is 9.59 Å². The molecule has 7 nitrogen and oxygen atoms in total. The molecule has 4 aromatic carbocycles. The van der Waals surface area contributed by atoms with Crippen LogP contribution in [0.25, 0.3) is 66.0 Å². The molecule has 51 heavy (non-hydrogen) atoms. The number of carbonyl (C=O) groups is 2. The maximum atomic E-state index is 10.4. The summed E-state index contributed by atoms with van der Waals surface area (Å²) in [5.74, 6) is 0.0602. The fourth-order valence-corrected chi connectivity index (χ4v) is 5.04. The number of aliphatic hydroxyl groups is 2. The SMILES string of the molecule is CC(=O)/C(C)=C(/C)O.CC(=O)/C(C)=C(/C)O.[Pt].[Pt].[c-]1ccc2c(oc3c(-c4cc5ccccc5cn4)[c-]ccc32)c1-c1cc2ccccc2cn1. The van der Waals surface area contributed by atoms with Crippen LogP contribution in [0.4, 0.5) is 0 Å². The van der Waals surface area contributed by atoms with Crippen molar-refractivity contribution in [3.05, 3.63) is 132 Å². The van der Waals surface area contributed by atoms with Crippen LogP contribution in [0.1, 0.15) is 41.5 Å². The molecule has 3 aromatic heterocycles. The van der Waals surface area contributed by atoms with Gasteiger partial charge in [0, 0.05) is 76.8 Å². The first-order valence-corrected chi connectivity index (χ1v) is 15.7. The second kappa shape index (κ2) is 18.0. The summed E-state index contributed by atoms with van der Waals surface area (Å²) in [6.45, 7) is 9.03. The summed E-state index contributed by atoms with van der Waals surface area (Å²) in [5, 5.41) is 23.9. The fraction of sp³-hybridized carbons (Fsp3) is 0.143. The van der Waals surface area contributed by atoms with Gasteiger partial charge in [0.15, 0.2) is 11.6 Å².